The van der Waals surface area contributed by atoms with Gasteiger partial charge in [-0.05, 0) is 38.2 Å². The van der Waals surface area contributed by atoms with E-state index in [1.165, 1.54) is 11.3 Å². The van der Waals surface area contributed by atoms with Crippen LogP contribution in [0, 0.1) is 5.92 Å². The topological polar surface area (TPSA) is 43.1 Å². The lowest BCUT2D eigenvalue weighted by Gasteiger charge is -2.18. The first kappa shape index (κ1) is 13.6. The highest BCUT2D eigenvalue weighted by molar-refractivity contribution is 7.79. The average molecular weight is 266 g/mol. The Balaban J connectivity index is 1.79. The lowest BCUT2D eigenvalue weighted by molar-refractivity contribution is 0.496. The summed E-state index contributed by atoms with van der Waals surface area (Å²) in [6.45, 7) is 7.97. The maximum absolute atomic E-state index is 10.8. The van der Waals surface area contributed by atoms with E-state index < -0.39 is 11.1 Å². The summed E-state index contributed by atoms with van der Waals surface area (Å²) < 4.78 is 21.6. The highest BCUT2D eigenvalue weighted by Crippen LogP contribution is 2.50. The van der Waals surface area contributed by atoms with Gasteiger partial charge in [0.25, 0.3) is 0 Å². The zero-order valence-corrected chi connectivity index (χ0v) is 11.8. The van der Waals surface area contributed by atoms with E-state index in [-0.39, 0.29) is 11.7 Å². The van der Waals surface area contributed by atoms with Gasteiger partial charge in [-0.25, -0.2) is 0 Å². The summed E-state index contributed by atoms with van der Waals surface area (Å²) >= 11 is -1.97. The predicted molar refractivity (Wildman–Crippen MR) is 73.6 cm³/mol. The monoisotopic (exact) mass is 266 g/mol. The predicted octanol–water partition coefficient (Wildman–Crippen LogP) is 2.36. The van der Waals surface area contributed by atoms with Gasteiger partial charge in [-0.1, -0.05) is 35.9 Å². The van der Waals surface area contributed by atoms with Gasteiger partial charge in [0.15, 0.2) is 0 Å². The van der Waals surface area contributed by atoms with Crippen molar-refractivity contribution in [3.63, 3.8) is 0 Å². The summed E-state index contributed by atoms with van der Waals surface area (Å²) in [6, 6.07) is 1.29. The zero-order chi connectivity index (χ0) is 13.3. The third-order valence-corrected chi connectivity index (χ3v) is 4.74. The first-order chi connectivity index (χ1) is 8.56. The molecular weight excluding hydrogens is 246 g/mol. The Kier molecular flexibility index (Phi) is 4.07. The normalized spacial score (nSPS) is 28.9. The molecule has 18 heavy (non-hydrogen) atoms. The van der Waals surface area contributed by atoms with Crippen molar-refractivity contribution in [2.75, 3.05) is 5.75 Å². The number of allylic oxidation sites excluding steroid dienone is 4. The Morgan fingerprint density at radius 1 is 1.56 bits per heavy atom. The van der Waals surface area contributed by atoms with Gasteiger partial charge in [-0.3, -0.25) is 4.21 Å². The van der Waals surface area contributed by atoms with Crippen molar-refractivity contribution in [3.8, 4) is 0 Å². The summed E-state index contributed by atoms with van der Waals surface area (Å²) in [5.41, 5.74) is 2.92. The highest BCUT2D eigenvalue weighted by Gasteiger charge is 2.55. The molecule has 0 amide bonds. The second-order valence-electron chi connectivity index (χ2n) is 5.12. The van der Waals surface area contributed by atoms with Crippen LogP contribution < -0.4 is 0 Å². The van der Waals surface area contributed by atoms with Crippen LogP contribution in [-0.2, 0) is 11.1 Å². The van der Waals surface area contributed by atoms with Crippen LogP contribution in [0.25, 0.3) is 0 Å². The molecule has 0 saturated carbocycles. The molecule has 1 fully saturated rings. The standard InChI is InChI=1S/C14H21NO2S/c1-4-5-6-12(9-18(16)17)7-8-13-14-10(2)11(3)15(13)14/h4-6,12-14H,1,7-9H2,2-3H3,(H,16,17)/p-1. The van der Waals surface area contributed by atoms with Crippen molar-refractivity contribution in [2.45, 2.75) is 38.8 Å². The first-order valence-corrected chi connectivity index (χ1v) is 7.61. The highest BCUT2D eigenvalue weighted by atomic mass is 32.2. The van der Waals surface area contributed by atoms with Gasteiger partial charge in [-0.15, -0.1) is 0 Å². The van der Waals surface area contributed by atoms with Gasteiger partial charge in [0.2, 0.25) is 0 Å². The van der Waals surface area contributed by atoms with E-state index in [4.69, 9.17) is 0 Å². The molecule has 0 aliphatic carbocycles. The van der Waals surface area contributed by atoms with Crippen LogP contribution in [0.5, 0.6) is 0 Å². The van der Waals surface area contributed by atoms with Crippen molar-refractivity contribution < 1.29 is 8.76 Å². The quantitative estimate of drug-likeness (QED) is 0.403. The van der Waals surface area contributed by atoms with Gasteiger partial charge < -0.3 is 9.45 Å². The molecule has 0 spiro atoms. The van der Waals surface area contributed by atoms with Gasteiger partial charge in [0.05, 0.1) is 12.1 Å². The third-order valence-electron chi connectivity index (χ3n) is 4.04. The molecule has 4 heteroatoms. The van der Waals surface area contributed by atoms with Crippen LogP contribution in [0.15, 0.2) is 36.1 Å². The van der Waals surface area contributed by atoms with Gasteiger partial charge in [0, 0.05) is 11.4 Å². The van der Waals surface area contributed by atoms with Crippen LogP contribution in [0.1, 0.15) is 26.7 Å². The molecule has 0 aromatic heterocycles. The number of nitrogens with zero attached hydrogens (tertiary/aromatic N) is 1. The Bertz CT molecular complexity index is 410. The number of fused-ring (bicyclic) bond motifs is 1. The zero-order valence-electron chi connectivity index (χ0n) is 11.0. The van der Waals surface area contributed by atoms with Gasteiger partial charge >= 0.3 is 0 Å². The molecule has 3 nitrogen and oxygen atoms in total. The van der Waals surface area contributed by atoms with E-state index >= 15 is 0 Å². The van der Waals surface area contributed by atoms with Crippen LogP contribution in [-0.4, -0.2) is 31.5 Å². The average Bonchev–Trinajstić information content (AvgIpc) is 3.01. The fourth-order valence-corrected chi connectivity index (χ4v) is 3.54. The van der Waals surface area contributed by atoms with Crippen LogP contribution in [0.4, 0.5) is 0 Å². The van der Waals surface area contributed by atoms with Crippen molar-refractivity contribution in [1.29, 1.82) is 0 Å². The SMILES string of the molecule is C=CC=CC(CCC1C2C(C)=C(C)N12)CS(=O)[O-]. The van der Waals surface area contributed by atoms with Crippen molar-refractivity contribution in [2.24, 2.45) is 5.92 Å². The Labute approximate surface area is 112 Å². The lowest BCUT2D eigenvalue weighted by Crippen LogP contribution is -2.14. The lowest BCUT2D eigenvalue weighted by atomic mass is 10.0. The van der Waals surface area contributed by atoms with Crippen molar-refractivity contribution >= 4 is 11.1 Å². The Morgan fingerprint density at radius 3 is 2.78 bits per heavy atom. The van der Waals surface area contributed by atoms with Gasteiger partial charge in [-0.2, -0.15) is 0 Å². The van der Waals surface area contributed by atoms with E-state index in [0.717, 1.165) is 12.8 Å². The number of hydrogen-bond donors (Lipinski definition) is 0. The molecule has 4 atom stereocenters. The second kappa shape index (κ2) is 5.41. The molecule has 0 aromatic carbocycles. The van der Waals surface area contributed by atoms with Crippen LogP contribution in [0.3, 0.4) is 0 Å². The summed E-state index contributed by atoms with van der Waals surface area (Å²) in [7, 11) is 0. The largest absolute Gasteiger partial charge is 0.772 e. The molecule has 0 aromatic rings. The van der Waals surface area contributed by atoms with E-state index in [0.29, 0.717) is 12.1 Å². The molecule has 0 radical (unpaired) electrons. The second-order valence-corrected chi connectivity index (χ2v) is 6.06. The minimum absolute atomic E-state index is 0.114. The van der Waals surface area contributed by atoms with Crippen LogP contribution >= 0.6 is 0 Å². The molecule has 100 valence electrons. The maximum Gasteiger partial charge on any atom is 0.0724 e. The van der Waals surface area contributed by atoms with Crippen LogP contribution in [0.2, 0.25) is 0 Å². The Morgan fingerprint density at radius 2 is 2.28 bits per heavy atom. The Hall–Kier alpha value is -0.870. The van der Waals surface area contributed by atoms with E-state index in [1.54, 1.807) is 6.08 Å². The summed E-state index contributed by atoms with van der Waals surface area (Å²) in [4.78, 5) is 2.43. The third kappa shape index (κ3) is 2.59. The van der Waals surface area contributed by atoms with Crippen molar-refractivity contribution in [1.82, 2.24) is 4.90 Å². The first-order valence-electron chi connectivity index (χ1n) is 6.37. The molecule has 2 aliphatic rings. The summed E-state index contributed by atoms with van der Waals surface area (Å²) in [5, 5.41) is 0. The number of hydrogen-bond acceptors (Lipinski definition) is 3. The fraction of sp³-hybridized carbons (Fsp3) is 0.571. The molecule has 0 N–H and O–H groups in total. The molecule has 0 bridgehead atoms. The van der Waals surface area contributed by atoms with Crippen molar-refractivity contribution in [3.05, 3.63) is 36.1 Å². The molecular formula is C14H20NO2S-. The van der Waals surface area contributed by atoms with Gasteiger partial charge in [0.1, 0.15) is 0 Å². The molecule has 2 rings (SSSR count). The minimum Gasteiger partial charge on any atom is -0.772 e. The molecule has 4 unspecified atom stereocenters. The minimum atomic E-state index is -1.97. The molecule has 1 saturated heterocycles. The summed E-state index contributed by atoms with van der Waals surface area (Å²) in [5.74, 6) is 0.329. The number of rotatable bonds is 7. The van der Waals surface area contributed by atoms with E-state index in [2.05, 4.69) is 25.3 Å². The fourth-order valence-electron chi connectivity index (χ4n) is 2.91. The maximum atomic E-state index is 10.8. The van der Waals surface area contributed by atoms with E-state index in [9.17, 15) is 8.76 Å². The molecule has 2 aliphatic heterocycles. The smallest absolute Gasteiger partial charge is 0.0724 e. The van der Waals surface area contributed by atoms with E-state index in [1.807, 2.05) is 12.2 Å². The molecule has 2 heterocycles. The summed E-state index contributed by atoms with van der Waals surface area (Å²) in [6.07, 6.45) is 7.49.